The van der Waals surface area contributed by atoms with E-state index in [-0.39, 0.29) is 11.9 Å². The number of likely N-dealkylation sites (tertiary alicyclic amines) is 1. The minimum absolute atomic E-state index is 0.0581. The lowest BCUT2D eigenvalue weighted by molar-refractivity contribution is 0.0588. The smallest absolute Gasteiger partial charge is 0.255 e. The van der Waals surface area contributed by atoms with E-state index < -0.39 is 5.91 Å². The Kier molecular flexibility index (Phi) is 5.53. The minimum atomic E-state index is -0.541. The van der Waals surface area contributed by atoms with E-state index in [4.69, 9.17) is 10.5 Å². The highest BCUT2D eigenvalue weighted by atomic mass is 16.5. The molecule has 2 aromatic rings. The summed E-state index contributed by atoms with van der Waals surface area (Å²) in [6.45, 7) is 5.98. The molecule has 152 valence electrons. The molecule has 2 N–H and O–H groups in total. The van der Waals surface area contributed by atoms with E-state index >= 15 is 0 Å². The number of primary amides is 1. The summed E-state index contributed by atoms with van der Waals surface area (Å²) in [7, 11) is 0. The van der Waals surface area contributed by atoms with Gasteiger partial charge in [-0.05, 0) is 49.1 Å². The number of nitrogens with two attached hydrogens (primary N) is 1. The topological polar surface area (TPSA) is 75.9 Å². The molecule has 6 nitrogen and oxygen atoms in total. The van der Waals surface area contributed by atoms with Crippen LogP contribution in [-0.2, 0) is 13.1 Å². The summed E-state index contributed by atoms with van der Waals surface area (Å²) in [6.07, 6.45) is 1.85. The molecule has 0 atom stereocenters. The lowest BCUT2D eigenvalue weighted by atomic mass is 10.0. The maximum Gasteiger partial charge on any atom is 0.255 e. The molecule has 4 rings (SSSR count). The molecule has 0 saturated carbocycles. The zero-order valence-corrected chi connectivity index (χ0v) is 16.8. The van der Waals surface area contributed by atoms with Crippen LogP contribution >= 0.6 is 0 Å². The van der Waals surface area contributed by atoms with Crippen LogP contribution in [0.5, 0.6) is 5.75 Å². The largest absolute Gasteiger partial charge is 0.494 e. The average Bonchev–Trinajstić information content (AvgIpc) is 3.06. The molecule has 2 amide bonds. The minimum Gasteiger partial charge on any atom is -0.494 e. The molecule has 1 fully saturated rings. The van der Waals surface area contributed by atoms with Gasteiger partial charge in [0.1, 0.15) is 5.75 Å². The third kappa shape index (κ3) is 3.98. The van der Waals surface area contributed by atoms with Crippen molar-refractivity contribution in [1.82, 2.24) is 9.80 Å². The lowest BCUT2D eigenvalue weighted by Crippen LogP contribution is -2.44. The number of hydrogen-bond donors (Lipinski definition) is 1. The quantitative estimate of drug-likeness (QED) is 0.819. The molecule has 2 aliphatic rings. The first-order chi connectivity index (χ1) is 14.1. The van der Waals surface area contributed by atoms with Gasteiger partial charge in [-0.2, -0.15) is 0 Å². The van der Waals surface area contributed by atoms with E-state index in [0.29, 0.717) is 24.3 Å². The molecule has 6 heteroatoms. The number of nitrogens with zero attached hydrogens (tertiary/aromatic N) is 2. The Labute approximate surface area is 171 Å². The molecule has 0 radical (unpaired) electrons. The van der Waals surface area contributed by atoms with Crippen LogP contribution in [0, 0.1) is 0 Å². The number of hydrogen-bond acceptors (Lipinski definition) is 4. The summed E-state index contributed by atoms with van der Waals surface area (Å²) in [5.74, 6) is 0.309. The second-order valence-electron chi connectivity index (χ2n) is 7.72. The number of ether oxygens (including phenoxy) is 1. The average molecular weight is 393 g/mol. The molecule has 0 spiro atoms. The second kappa shape index (κ2) is 8.25. The Bertz CT molecular complexity index is 919. The molecular weight excluding hydrogens is 366 g/mol. The van der Waals surface area contributed by atoms with Crippen LogP contribution in [0.15, 0.2) is 42.5 Å². The first-order valence-corrected chi connectivity index (χ1v) is 10.2. The van der Waals surface area contributed by atoms with Crippen LogP contribution < -0.4 is 10.5 Å². The normalized spacial score (nSPS) is 17.4. The third-order valence-corrected chi connectivity index (χ3v) is 5.85. The fourth-order valence-corrected chi connectivity index (χ4v) is 4.43. The molecule has 1 saturated heterocycles. The van der Waals surface area contributed by atoms with E-state index in [9.17, 15) is 9.59 Å². The number of carbonyl (C=O) groups is 2. The summed E-state index contributed by atoms with van der Waals surface area (Å²) in [4.78, 5) is 29.0. The Hall–Kier alpha value is -2.86. The van der Waals surface area contributed by atoms with Gasteiger partial charge in [0.2, 0.25) is 5.91 Å². The molecule has 29 heavy (non-hydrogen) atoms. The van der Waals surface area contributed by atoms with Crippen molar-refractivity contribution in [3.05, 3.63) is 64.7 Å². The highest BCUT2D eigenvalue weighted by Gasteiger charge is 2.36. The zero-order valence-electron chi connectivity index (χ0n) is 16.8. The van der Waals surface area contributed by atoms with Crippen LogP contribution in [0.25, 0.3) is 0 Å². The van der Waals surface area contributed by atoms with Gasteiger partial charge in [-0.1, -0.05) is 24.3 Å². The van der Waals surface area contributed by atoms with Crippen molar-refractivity contribution in [2.75, 3.05) is 19.7 Å². The molecular formula is C23H27N3O3. The summed E-state index contributed by atoms with van der Waals surface area (Å²) >= 11 is 0. The first-order valence-electron chi connectivity index (χ1n) is 10.2. The van der Waals surface area contributed by atoms with Gasteiger partial charge in [-0.15, -0.1) is 0 Å². The van der Waals surface area contributed by atoms with Crippen molar-refractivity contribution in [3.63, 3.8) is 0 Å². The van der Waals surface area contributed by atoms with Crippen LogP contribution in [0.1, 0.15) is 51.6 Å². The Morgan fingerprint density at radius 2 is 1.93 bits per heavy atom. The molecule has 0 unspecified atom stereocenters. The van der Waals surface area contributed by atoms with Crippen molar-refractivity contribution in [2.24, 2.45) is 5.73 Å². The van der Waals surface area contributed by atoms with E-state index in [0.717, 1.165) is 43.8 Å². The summed E-state index contributed by atoms with van der Waals surface area (Å²) in [5, 5.41) is 0. The Morgan fingerprint density at radius 1 is 1.17 bits per heavy atom. The van der Waals surface area contributed by atoms with Crippen molar-refractivity contribution >= 4 is 11.8 Å². The highest BCUT2D eigenvalue weighted by molar-refractivity contribution is 6.09. The van der Waals surface area contributed by atoms with Gasteiger partial charge in [0.25, 0.3) is 5.91 Å². The number of fused-ring (bicyclic) bond motifs is 1. The molecule has 2 heterocycles. The van der Waals surface area contributed by atoms with E-state index in [1.165, 1.54) is 5.56 Å². The van der Waals surface area contributed by atoms with Crippen LogP contribution in [0.3, 0.4) is 0 Å². The monoisotopic (exact) mass is 393 g/mol. The lowest BCUT2D eigenvalue weighted by Gasteiger charge is -2.36. The van der Waals surface area contributed by atoms with Crippen LogP contribution in [0.2, 0.25) is 0 Å². The summed E-state index contributed by atoms with van der Waals surface area (Å²) in [6, 6.07) is 13.8. The van der Waals surface area contributed by atoms with Crippen molar-refractivity contribution in [3.8, 4) is 5.75 Å². The molecule has 2 aromatic carbocycles. The van der Waals surface area contributed by atoms with E-state index in [2.05, 4.69) is 17.0 Å². The standard InChI is InChI=1S/C23H27N3O3/c1-2-29-19-7-3-5-16(13-19)14-25-11-9-18(10-12-25)26-15-17-6-4-8-20(22(24)27)21(17)23(26)28/h3-8,13,18H,2,9-12,14-15H2,1H3,(H2,24,27). The van der Waals surface area contributed by atoms with Gasteiger partial charge in [-0.25, -0.2) is 0 Å². The predicted molar refractivity (Wildman–Crippen MR) is 111 cm³/mol. The van der Waals surface area contributed by atoms with Gasteiger partial charge in [-0.3, -0.25) is 14.5 Å². The zero-order chi connectivity index (χ0) is 20.4. The number of carbonyl (C=O) groups excluding carboxylic acids is 2. The van der Waals surface area contributed by atoms with Crippen LogP contribution in [0.4, 0.5) is 0 Å². The van der Waals surface area contributed by atoms with Gasteiger partial charge >= 0.3 is 0 Å². The highest BCUT2D eigenvalue weighted by Crippen LogP contribution is 2.31. The second-order valence-corrected chi connectivity index (χ2v) is 7.72. The number of piperidine rings is 1. The maximum atomic E-state index is 13.0. The van der Waals surface area contributed by atoms with Gasteiger partial charge < -0.3 is 15.4 Å². The molecule has 0 aliphatic carbocycles. The van der Waals surface area contributed by atoms with Crippen molar-refractivity contribution in [1.29, 1.82) is 0 Å². The van der Waals surface area contributed by atoms with Gasteiger partial charge in [0, 0.05) is 32.2 Å². The van der Waals surface area contributed by atoms with E-state index in [1.807, 2.05) is 30.0 Å². The summed E-state index contributed by atoms with van der Waals surface area (Å²) in [5.41, 5.74) is 8.44. The molecule has 0 bridgehead atoms. The first kappa shape index (κ1) is 19.5. The Morgan fingerprint density at radius 3 is 2.66 bits per heavy atom. The van der Waals surface area contributed by atoms with Crippen LogP contribution in [-0.4, -0.2) is 47.4 Å². The predicted octanol–water partition coefficient (Wildman–Crippen LogP) is 2.80. The third-order valence-electron chi connectivity index (χ3n) is 5.85. The Balaban J connectivity index is 1.38. The molecule has 2 aliphatic heterocycles. The fourth-order valence-electron chi connectivity index (χ4n) is 4.43. The van der Waals surface area contributed by atoms with Gasteiger partial charge in [0.05, 0.1) is 17.7 Å². The van der Waals surface area contributed by atoms with E-state index in [1.54, 1.807) is 12.1 Å². The number of amides is 2. The number of rotatable bonds is 6. The fraction of sp³-hybridized carbons (Fsp3) is 0.391. The van der Waals surface area contributed by atoms with Gasteiger partial charge in [0.15, 0.2) is 0 Å². The molecule has 0 aromatic heterocycles. The summed E-state index contributed by atoms with van der Waals surface area (Å²) < 4.78 is 5.59. The maximum absolute atomic E-state index is 13.0. The van der Waals surface area contributed by atoms with Crippen molar-refractivity contribution in [2.45, 2.75) is 38.9 Å². The SMILES string of the molecule is CCOc1cccc(CN2CCC(N3Cc4cccc(C(N)=O)c4C3=O)CC2)c1. The van der Waals surface area contributed by atoms with Crippen molar-refractivity contribution < 1.29 is 14.3 Å². The number of benzene rings is 2.